The first kappa shape index (κ1) is 11.4. The maximum absolute atomic E-state index is 12.0. The minimum atomic E-state index is -0.643. The third-order valence-corrected chi connectivity index (χ3v) is 3.04. The lowest BCUT2D eigenvalue weighted by Crippen LogP contribution is -2.63. The van der Waals surface area contributed by atoms with Gasteiger partial charge in [0.2, 0.25) is 11.8 Å². The fourth-order valence-electron chi connectivity index (χ4n) is 1.84. The lowest BCUT2D eigenvalue weighted by molar-refractivity contribution is -0.138. The molecule has 1 fully saturated rings. The molecule has 0 aromatic heterocycles. The van der Waals surface area contributed by atoms with Gasteiger partial charge in [0.05, 0.1) is 0 Å². The van der Waals surface area contributed by atoms with Crippen molar-refractivity contribution in [2.24, 2.45) is 11.8 Å². The summed E-state index contributed by atoms with van der Waals surface area (Å²) in [6.07, 6.45) is 1.36. The number of hydrogen-bond acceptors (Lipinski definition) is 2. The van der Waals surface area contributed by atoms with Crippen LogP contribution in [-0.4, -0.2) is 23.9 Å². The van der Waals surface area contributed by atoms with Crippen LogP contribution in [0.1, 0.15) is 40.5 Å². The van der Waals surface area contributed by atoms with Crippen LogP contribution in [0, 0.1) is 11.8 Å². The third-order valence-electron chi connectivity index (χ3n) is 3.04. The second-order valence-corrected chi connectivity index (χ2v) is 4.99. The summed E-state index contributed by atoms with van der Waals surface area (Å²) in [5, 5.41) is 3.62. The highest BCUT2D eigenvalue weighted by Crippen LogP contribution is 2.14. The van der Waals surface area contributed by atoms with Gasteiger partial charge in [0.25, 0.3) is 0 Å². The molecule has 2 amide bonds. The predicted octanol–water partition coefficient (Wildman–Crippen LogP) is 1.06. The van der Waals surface area contributed by atoms with Crippen LogP contribution in [0.2, 0.25) is 1.41 Å². The Hall–Kier alpha value is -1.06. The molecule has 1 rings (SSSR count). The molecule has 0 unspecified atom stereocenters. The van der Waals surface area contributed by atoms with Crippen molar-refractivity contribution in [1.29, 1.82) is 0 Å². The Bertz CT molecular complexity index is 307. The molecule has 0 saturated carbocycles. The van der Waals surface area contributed by atoms with E-state index in [1.807, 2.05) is 27.7 Å². The van der Waals surface area contributed by atoms with Crippen molar-refractivity contribution >= 4 is 11.8 Å². The van der Waals surface area contributed by atoms with Gasteiger partial charge < -0.3 is 10.6 Å². The van der Waals surface area contributed by atoms with Crippen LogP contribution in [0.4, 0.5) is 0 Å². The average Bonchev–Trinajstić information content (AvgIpc) is 2.24. The summed E-state index contributed by atoms with van der Waals surface area (Å²) in [7, 11) is 0. The molecule has 0 aliphatic carbocycles. The van der Waals surface area contributed by atoms with Gasteiger partial charge in [0.1, 0.15) is 12.1 Å². The maximum atomic E-state index is 12.0. The lowest BCUT2D eigenvalue weighted by atomic mass is 9.93. The summed E-state index contributed by atoms with van der Waals surface area (Å²) in [6, 6.07) is -1.17. The molecule has 4 nitrogen and oxygen atoms in total. The molecular weight excluding hydrogens is 204 g/mol. The summed E-state index contributed by atoms with van der Waals surface area (Å²) in [4.78, 5) is 23.9. The van der Waals surface area contributed by atoms with Gasteiger partial charge in [-0.05, 0) is 18.3 Å². The Kier molecular flexibility index (Phi) is 3.80. The molecule has 92 valence electrons. The molecule has 0 bridgehead atoms. The highest BCUT2D eigenvalue weighted by molar-refractivity contribution is 5.97. The normalized spacial score (nSPS) is 29.1. The van der Waals surface area contributed by atoms with Gasteiger partial charge in [-0.25, -0.2) is 0 Å². The Labute approximate surface area is 98.6 Å². The summed E-state index contributed by atoms with van der Waals surface area (Å²) < 4.78 is 7.80. The summed E-state index contributed by atoms with van der Waals surface area (Å²) in [6.45, 7) is 7.83. The minimum Gasteiger partial charge on any atom is -0.343 e. The number of nitrogens with one attached hydrogen (secondary N) is 2. The minimum absolute atomic E-state index is 0.0106. The monoisotopic (exact) mass is 227 g/mol. The van der Waals surface area contributed by atoms with E-state index in [1.165, 1.54) is 0 Å². The van der Waals surface area contributed by atoms with Gasteiger partial charge in [-0.3, -0.25) is 9.59 Å². The molecule has 3 atom stereocenters. The van der Waals surface area contributed by atoms with Crippen molar-refractivity contribution in [2.45, 2.75) is 52.6 Å². The molecule has 0 aromatic rings. The van der Waals surface area contributed by atoms with Crippen LogP contribution in [0.15, 0.2) is 0 Å². The third kappa shape index (κ3) is 2.97. The molecule has 16 heavy (non-hydrogen) atoms. The van der Waals surface area contributed by atoms with E-state index in [-0.39, 0.29) is 17.7 Å². The van der Waals surface area contributed by atoms with Crippen LogP contribution < -0.4 is 10.6 Å². The van der Waals surface area contributed by atoms with E-state index < -0.39 is 12.1 Å². The van der Waals surface area contributed by atoms with E-state index in [0.717, 1.165) is 11.7 Å². The van der Waals surface area contributed by atoms with E-state index in [4.69, 9.17) is 1.41 Å². The zero-order valence-electron chi connectivity index (χ0n) is 11.5. The van der Waals surface area contributed by atoms with Gasteiger partial charge in [0, 0.05) is 0 Å². The molecule has 1 aliphatic rings. The molecule has 0 spiro atoms. The van der Waals surface area contributed by atoms with E-state index in [1.54, 1.807) is 0 Å². The van der Waals surface area contributed by atoms with Crippen LogP contribution in [0.25, 0.3) is 0 Å². The van der Waals surface area contributed by atoms with Gasteiger partial charge in [0.15, 0.2) is 1.41 Å². The first-order valence-corrected chi connectivity index (χ1v) is 6.00. The van der Waals surface area contributed by atoms with Crippen LogP contribution in [-0.2, 0) is 9.59 Å². The van der Waals surface area contributed by atoms with Gasteiger partial charge in [-0.1, -0.05) is 34.1 Å². The summed E-state index contributed by atoms with van der Waals surface area (Å²) in [5.41, 5.74) is 0. The first-order valence-electron chi connectivity index (χ1n) is 6.45. The SMILES string of the molecule is [2H]N1C(=O)[C@H](CC(C)C)NC(=O)[C@@H]1[C@@H](C)CC. The molecule has 1 saturated heterocycles. The Morgan fingerprint density at radius 2 is 1.94 bits per heavy atom. The van der Waals surface area contributed by atoms with E-state index >= 15 is 0 Å². The number of amides is 2. The highest BCUT2D eigenvalue weighted by atomic mass is 16.2. The molecular formula is C12H22N2O2. The van der Waals surface area contributed by atoms with Crippen molar-refractivity contribution in [3.05, 3.63) is 0 Å². The van der Waals surface area contributed by atoms with Crippen molar-refractivity contribution in [1.82, 2.24) is 10.6 Å². The smallest absolute Gasteiger partial charge is 0.243 e. The average molecular weight is 227 g/mol. The number of carbonyl (C=O) groups is 2. The fraction of sp³-hybridized carbons (Fsp3) is 0.833. The summed E-state index contributed by atoms with van der Waals surface area (Å²) in [5.74, 6) is -0.155. The van der Waals surface area contributed by atoms with E-state index in [0.29, 0.717) is 12.3 Å². The van der Waals surface area contributed by atoms with Crippen molar-refractivity contribution in [3.8, 4) is 0 Å². The van der Waals surface area contributed by atoms with E-state index in [2.05, 4.69) is 5.32 Å². The van der Waals surface area contributed by atoms with Crippen LogP contribution in [0.5, 0.6) is 0 Å². The zero-order chi connectivity index (χ0) is 13.2. The lowest BCUT2D eigenvalue weighted by Gasteiger charge is -2.33. The number of piperazine rings is 1. The first-order chi connectivity index (χ1) is 7.88. The number of carbonyl (C=O) groups excluding carboxylic acids is 2. The molecule has 2 N–H and O–H groups in total. The van der Waals surface area contributed by atoms with Crippen molar-refractivity contribution in [2.75, 3.05) is 0 Å². The second kappa shape index (κ2) is 5.32. The van der Waals surface area contributed by atoms with Crippen molar-refractivity contribution < 1.29 is 11.0 Å². The van der Waals surface area contributed by atoms with Crippen LogP contribution >= 0.6 is 0 Å². The largest absolute Gasteiger partial charge is 0.343 e. The topological polar surface area (TPSA) is 58.2 Å². The Balaban J connectivity index is 2.80. The molecule has 0 aromatic carbocycles. The quantitative estimate of drug-likeness (QED) is 0.754. The number of hydrogen-bond donors (Lipinski definition) is 2. The predicted molar refractivity (Wildman–Crippen MR) is 62.8 cm³/mol. The molecule has 4 heteroatoms. The molecule has 1 heterocycles. The summed E-state index contributed by atoms with van der Waals surface area (Å²) >= 11 is 0. The van der Waals surface area contributed by atoms with Crippen molar-refractivity contribution in [3.63, 3.8) is 0 Å². The molecule has 1 aliphatic heterocycles. The van der Waals surface area contributed by atoms with Gasteiger partial charge in [-0.2, -0.15) is 0 Å². The Morgan fingerprint density at radius 3 is 2.44 bits per heavy atom. The fourth-order valence-corrected chi connectivity index (χ4v) is 1.84. The molecule has 0 radical (unpaired) electrons. The Morgan fingerprint density at radius 1 is 1.31 bits per heavy atom. The standard InChI is InChI=1S/C12H22N2O2/c1-5-8(4)10-12(16)13-9(6-7(2)3)11(15)14-10/h7-10H,5-6H2,1-4H3,(H,13,16)(H,14,15)/t8-,9-,10-/m0/s1/i/hD. The highest BCUT2D eigenvalue weighted by Gasteiger charge is 2.35. The maximum Gasteiger partial charge on any atom is 0.243 e. The zero-order valence-corrected chi connectivity index (χ0v) is 10.5. The second-order valence-electron chi connectivity index (χ2n) is 4.99. The van der Waals surface area contributed by atoms with Gasteiger partial charge >= 0.3 is 0 Å². The van der Waals surface area contributed by atoms with Gasteiger partial charge in [-0.15, -0.1) is 0 Å². The van der Waals surface area contributed by atoms with Crippen LogP contribution in [0.3, 0.4) is 0 Å². The number of rotatable bonds is 4. The van der Waals surface area contributed by atoms with E-state index in [9.17, 15) is 9.59 Å².